The summed E-state index contributed by atoms with van der Waals surface area (Å²) in [4.78, 5) is 14.3. The van der Waals surface area contributed by atoms with Crippen LogP contribution in [-0.4, -0.2) is 58.5 Å². The molecule has 1 N–H and O–H groups in total. The molecule has 2 aromatic heterocycles. The van der Waals surface area contributed by atoms with E-state index >= 15 is 0 Å². The van der Waals surface area contributed by atoms with Crippen molar-refractivity contribution in [1.82, 2.24) is 25.1 Å². The summed E-state index contributed by atoms with van der Waals surface area (Å²) in [5, 5.41) is 7.98. The highest BCUT2D eigenvalue weighted by Gasteiger charge is 2.22. The van der Waals surface area contributed by atoms with Gasteiger partial charge in [-0.1, -0.05) is 0 Å². The molecule has 2 fully saturated rings. The number of aromatic nitrogens is 4. The van der Waals surface area contributed by atoms with Crippen LogP contribution in [0.25, 0.3) is 0 Å². The first-order valence-corrected chi connectivity index (χ1v) is 10.7. The molecule has 0 aliphatic carbocycles. The zero-order chi connectivity index (χ0) is 19.3. The molecule has 2 aromatic rings. The third-order valence-electron chi connectivity index (χ3n) is 5.87. The Morgan fingerprint density at radius 1 is 1.07 bits per heavy atom. The van der Waals surface area contributed by atoms with E-state index < -0.39 is 0 Å². The summed E-state index contributed by atoms with van der Waals surface area (Å²) < 4.78 is 1.88. The summed E-state index contributed by atoms with van der Waals surface area (Å²) in [5.74, 6) is 2.02. The number of hydrogen-bond acceptors (Lipinski definition) is 6. The van der Waals surface area contributed by atoms with Crippen LogP contribution in [0.4, 0.5) is 11.8 Å². The van der Waals surface area contributed by atoms with Gasteiger partial charge in [0.05, 0.1) is 6.20 Å². The Morgan fingerprint density at radius 3 is 2.57 bits per heavy atom. The third-order valence-corrected chi connectivity index (χ3v) is 5.87. The lowest BCUT2D eigenvalue weighted by atomic mass is 10.0. The molecule has 152 valence electrons. The van der Waals surface area contributed by atoms with Crippen molar-refractivity contribution in [3.05, 3.63) is 29.7 Å². The molecule has 0 bridgehead atoms. The zero-order valence-corrected chi connectivity index (χ0v) is 17.3. The Hall–Kier alpha value is -2.15. The highest BCUT2D eigenvalue weighted by atomic mass is 15.3. The van der Waals surface area contributed by atoms with Crippen molar-refractivity contribution in [2.24, 2.45) is 7.05 Å². The van der Waals surface area contributed by atoms with Crippen molar-refractivity contribution in [2.75, 3.05) is 42.5 Å². The minimum Gasteiger partial charge on any atom is -0.356 e. The molecule has 2 saturated heterocycles. The number of aryl methyl sites for hydroxylation is 3. The minimum atomic E-state index is 0.617. The maximum Gasteiger partial charge on any atom is 0.227 e. The van der Waals surface area contributed by atoms with Gasteiger partial charge >= 0.3 is 0 Å². The molecule has 2 aliphatic rings. The summed E-state index contributed by atoms with van der Waals surface area (Å²) in [6.45, 7) is 7.47. The van der Waals surface area contributed by atoms with Crippen molar-refractivity contribution >= 4 is 11.8 Å². The molecule has 0 saturated carbocycles. The molecule has 7 heteroatoms. The lowest BCUT2D eigenvalue weighted by Crippen LogP contribution is -2.43. The van der Waals surface area contributed by atoms with Gasteiger partial charge in [-0.15, -0.1) is 0 Å². The number of nitrogens with one attached hydrogen (secondary N) is 1. The van der Waals surface area contributed by atoms with Gasteiger partial charge < -0.3 is 15.1 Å². The van der Waals surface area contributed by atoms with E-state index in [-0.39, 0.29) is 0 Å². The van der Waals surface area contributed by atoms with E-state index in [2.05, 4.69) is 44.4 Å². The second-order valence-electron chi connectivity index (χ2n) is 8.20. The Morgan fingerprint density at radius 2 is 1.86 bits per heavy atom. The number of piperidine rings is 1. The zero-order valence-electron chi connectivity index (χ0n) is 17.3. The first-order valence-electron chi connectivity index (χ1n) is 10.7. The van der Waals surface area contributed by atoms with Gasteiger partial charge in [0, 0.05) is 57.2 Å². The van der Waals surface area contributed by atoms with E-state index in [9.17, 15) is 0 Å². The van der Waals surface area contributed by atoms with Crippen LogP contribution < -0.4 is 15.1 Å². The second-order valence-corrected chi connectivity index (χ2v) is 8.20. The van der Waals surface area contributed by atoms with E-state index in [4.69, 9.17) is 4.98 Å². The monoisotopic (exact) mass is 383 g/mol. The number of anilines is 2. The van der Waals surface area contributed by atoms with E-state index in [0.29, 0.717) is 6.04 Å². The van der Waals surface area contributed by atoms with Gasteiger partial charge in [-0.25, -0.2) is 4.98 Å². The normalized spacial score (nSPS) is 18.2. The molecule has 0 radical (unpaired) electrons. The lowest BCUT2D eigenvalue weighted by molar-refractivity contribution is 0.411. The molecule has 0 spiro atoms. The molecule has 4 rings (SSSR count). The third kappa shape index (κ3) is 4.82. The van der Waals surface area contributed by atoms with E-state index in [1.165, 1.54) is 31.2 Å². The van der Waals surface area contributed by atoms with Gasteiger partial charge in [0.1, 0.15) is 5.82 Å². The van der Waals surface area contributed by atoms with Crippen LogP contribution in [0.5, 0.6) is 0 Å². The van der Waals surface area contributed by atoms with Crippen LogP contribution in [-0.2, 0) is 13.5 Å². The molecule has 0 unspecified atom stereocenters. The largest absolute Gasteiger partial charge is 0.356 e. The highest BCUT2D eigenvalue weighted by Crippen LogP contribution is 2.23. The van der Waals surface area contributed by atoms with Crippen molar-refractivity contribution in [3.63, 3.8) is 0 Å². The Bertz CT molecular complexity index is 758. The predicted molar refractivity (Wildman–Crippen MR) is 113 cm³/mol. The summed E-state index contributed by atoms with van der Waals surface area (Å²) in [6, 6.07) is 2.76. The number of rotatable bonds is 7. The van der Waals surface area contributed by atoms with Crippen LogP contribution in [0, 0.1) is 6.92 Å². The Balaban J connectivity index is 1.23. The van der Waals surface area contributed by atoms with E-state index in [1.807, 2.05) is 17.9 Å². The van der Waals surface area contributed by atoms with Crippen LogP contribution in [0.1, 0.15) is 43.4 Å². The average Bonchev–Trinajstić information content (AvgIpc) is 3.37. The van der Waals surface area contributed by atoms with Crippen LogP contribution >= 0.6 is 0 Å². The summed E-state index contributed by atoms with van der Waals surface area (Å²) in [6.07, 6.45) is 11.2. The molecule has 0 aromatic carbocycles. The summed E-state index contributed by atoms with van der Waals surface area (Å²) in [5.41, 5.74) is 2.40. The quantitative estimate of drug-likeness (QED) is 0.741. The Labute approximate surface area is 168 Å². The minimum absolute atomic E-state index is 0.617. The van der Waals surface area contributed by atoms with Gasteiger partial charge in [0.2, 0.25) is 5.95 Å². The molecule has 0 atom stereocenters. The van der Waals surface area contributed by atoms with Gasteiger partial charge in [-0.2, -0.15) is 10.1 Å². The average molecular weight is 384 g/mol. The fourth-order valence-corrected chi connectivity index (χ4v) is 4.27. The van der Waals surface area contributed by atoms with E-state index in [1.54, 1.807) is 0 Å². The lowest BCUT2D eigenvalue weighted by Gasteiger charge is -2.33. The Kier molecular flexibility index (Phi) is 6.10. The summed E-state index contributed by atoms with van der Waals surface area (Å²) >= 11 is 0. The highest BCUT2D eigenvalue weighted by molar-refractivity contribution is 5.46. The molecule has 4 heterocycles. The molecular formula is C21H33N7. The first kappa shape index (κ1) is 19.2. The van der Waals surface area contributed by atoms with Gasteiger partial charge in [-0.3, -0.25) is 4.68 Å². The topological polar surface area (TPSA) is 62.1 Å². The van der Waals surface area contributed by atoms with Crippen molar-refractivity contribution in [1.29, 1.82) is 0 Å². The fraction of sp³-hybridized carbons (Fsp3) is 0.667. The van der Waals surface area contributed by atoms with Gasteiger partial charge in [0.15, 0.2) is 0 Å². The van der Waals surface area contributed by atoms with Crippen molar-refractivity contribution in [2.45, 2.75) is 51.5 Å². The molecule has 28 heavy (non-hydrogen) atoms. The predicted octanol–water partition coefficient (Wildman–Crippen LogP) is 2.31. The first-order chi connectivity index (χ1) is 13.7. The maximum atomic E-state index is 4.89. The molecule has 2 aliphatic heterocycles. The molecule has 0 amide bonds. The summed E-state index contributed by atoms with van der Waals surface area (Å²) in [7, 11) is 1.97. The van der Waals surface area contributed by atoms with E-state index in [0.717, 1.165) is 63.0 Å². The van der Waals surface area contributed by atoms with Gasteiger partial charge in [0.25, 0.3) is 0 Å². The fourth-order valence-electron chi connectivity index (χ4n) is 4.27. The van der Waals surface area contributed by atoms with Crippen molar-refractivity contribution < 1.29 is 0 Å². The van der Waals surface area contributed by atoms with Crippen LogP contribution in [0.3, 0.4) is 0 Å². The maximum absolute atomic E-state index is 4.89. The SMILES string of the molecule is Cc1cc(N2CCC(NCCCc3cnn(C)c3)CC2)nc(N2CCCC2)n1. The second kappa shape index (κ2) is 8.90. The van der Waals surface area contributed by atoms with Crippen LogP contribution in [0.15, 0.2) is 18.5 Å². The van der Waals surface area contributed by atoms with Gasteiger partial charge in [-0.05, 0) is 57.6 Å². The number of hydrogen-bond donors (Lipinski definition) is 1. The van der Waals surface area contributed by atoms with Crippen molar-refractivity contribution in [3.8, 4) is 0 Å². The standard InChI is InChI=1S/C21H33N7/c1-17-14-20(25-21(24-17)28-10-3-4-11-28)27-12-7-19(8-13-27)22-9-5-6-18-15-23-26(2)16-18/h14-16,19,22H,3-13H2,1-2H3. The molecule has 7 nitrogen and oxygen atoms in total. The number of nitrogens with zero attached hydrogens (tertiary/aromatic N) is 6. The smallest absolute Gasteiger partial charge is 0.227 e. The van der Waals surface area contributed by atoms with Crippen LogP contribution in [0.2, 0.25) is 0 Å². The molecular weight excluding hydrogens is 350 g/mol.